The molecule has 0 saturated heterocycles. The molecule has 1 aromatic heterocycles. The van der Waals surface area contributed by atoms with Crippen LogP contribution in [0.15, 0.2) is 53.6 Å². The smallest absolute Gasteiger partial charge is 0.283 e. The molecule has 126 valence electrons. The van der Waals surface area contributed by atoms with E-state index in [-0.39, 0.29) is 11.8 Å². The number of rotatable bonds is 4. The molecule has 0 atom stereocenters. The number of halogens is 1. The predicted molar refractivity (Wildman–Crippen MR) is 103 cm³/mol. The van der Waals surface area contributed by atoms with E-state index in [1.807, 2.05) is 24.3 Å². The molecule has 0 aliphatic rings. The minimum absolute atomic E-state index is 0.131. The van der Waals surface area contributed by atoms with Crippen molar-refractivity contribution in [2.24, 2.45) is 5.10 Å². The normalized spacial score (nSPS) is 11.0. The summed E-state index contributed by atoms with van der Waals surface area (Å²) in [4.78, 5) is 23.7. The van der Waals surface area contributed by atoms with Crippen LogP contribution < -0.4 is 10.7 Å². The third-order valence-electron chi connectivity index (χ3n) is 3.35. The monoisotopic (exact) mass is 371 g/mol. The van der Waals surface area contributed by atoms with E-state index in [0.29, 0.717) is 15.6 Å². The lowest BCUT2D eigenvalue weighted by Crippen LogP contribution is -2.16. The number of amides is 2. The molecule has 0 fully saturated rings. The molecule has 0 bridgehead atoms. The molecule has 2 N–H and O–H groups in total. The molecule has 1 heterocycles. The molecule has 7 heteroatoms. The van der Waals surface area contributed by atoms with E-state index in [1.165, 1.54) is 24.5 Å². The van der Waals surface area contributed by atoms with Gasteiger partial charge in [0.1, 0.15) is 4.88 Å². The second-order valence-corrected chi connectivity index (χ2v) is 6.67. The van der Waals surface area contributed by atoms with E-state index in [2.05, 4.69) is 15.8 Å². The fourth-order valence-corrected chi connectivity index (χ4v) is 3.64. The van der Waals surface area contributed by atoms with Gasteiger partial charge in [0.25, 0.3) is 5.91 Å². The van der Waals surface area contributed by atoms with Crippen molar-refractivity contribution >= 4 is 56.7 Å². The quantitative estimate of drug-likeness (QED) is 0.531. The van der Waals surface area contributed by atoms with Gasteiger partial charge in [-0.2, -0.15) is 5.10 Å². The highest BCUT2D eigenvalue weighted by Crippen LogP contribution is 2.34. The Labute approximate surface area is 153 Å². The number of nitrogens with one attached hydrogen (secondary N) is 2. The average Bonchev–Trinajstić information content (AvgIpc) is 2.93. The van der Waals surface area contributed by atoms with Crippen molar-refractivity contribution in [3.8, 4) is 0 Å². The maximum absolute atomic E-state index is 12.3. The SMILES string of the molecule is CC(=O)Nc1ccc(/C=N/NC(=O)c2sc3ccccc3c2Cl)cc1. The number of benzene rings is 2. The Bertz CT molecular complexity index is 964. The summed E-state index contributed by atoms with van der Waals surface area (Å²) in [7, 11) is 0. The number of nitrogens with zero attached hydrogens (tertiary/aromatic N) is 1. The Balaban J connectivity index is 1.67. The van der Waals surface area contributed by atoms with Crippen molar-refractivity contribution in [1.82, 2.24) is 5.43 Å². The summed E-state index contributed by atoms with van der Waals surface area (Å²) in [5.74, 6) is -0.480. The predicted octanol–water partition coefficient (Wildman–Crippen LogP) is 4.28. The topological polar surface area (TPSA) is 70.6 Å². The third-order valence-corrected chi connectivity index (χ3v) is 5.03. The van der Waals surface area contributed by atoms with Crippen LogP contribution in [0.1, 0.15) is 22.2 Å². The van der Waals surface area contributed by atoms with Crippen LogP contribution in [0.25, 0.3) is 10.1 Å². The third kappa shape index (κ3) is 4.04. The Morgan fingerprint density at radius 2 is 1.84 bits per heavy atom. The Hall–Kier alpha value is -2.70. The van der Waals surface area contributed by atoms with Gasteiger partial charge < -0.3 is 5.32 Å². The Morgan fingerprint density at radius 3 is 2.52 bits per heavy atom. The van der Waals surface area contributed by atoms with Crippen molar-refractivity contribution < 1.29 is 9.59 Å². The Kier molecular flexibility index (Phi) is 5.11. The molecule has 0 aliphatic carbocycles. The number of thiophene rings is 1. The minimum Gasteiger partial charge on any atom is -0.326 e. The van der Waals surface area contributed by atoms with Crippen LogP contribution in [-0.2, 0) is 4.79 Å². The first-order valence-electron chi connectivity index (χ1n) is 7.42. The zero-order valence-electron chi connectivity index (χ0n) is 13.2. The van der Waals surface area contributed by atoms with Crippen LogP contribution in [0, 0.1) is 0 Å². The van der Waals surface area contributed by atoms with Crippen LogP contribution in [0.3, 0.4) is 0 Å². The standard InChI is InChI=1S/C18H14ClN3O2S/c1-11(23)21-13-8-6-12(7-9-13)10-20-22-18(24)17-16(19)14-4-2-3-5-15(14)25-17/h2-10H,1H3,(H,21,23)(H,22,24)/b20-10+. The number of carbonyl (C=O) groups excluding carboxylic acids is 2. The van der Waals surface area contributed by atoms with Gasteiger partial charge in [0.2, 0.25) is 5.91 Å². The first kappa shape index (κ1) is 17.1. The number of anilines is 1. The summed E-state index contributed by atoms with van der Waals surface area (Å²) in [6, 6.07) is 14.7. The lowest BCUT2D eigenvalue weighted by atomic mass is 10.2. The zero-order chi connectivity index (χ0) is 17.8. The second-order valence-electron chi connectivity index (χ2n) is 5.24. The second kappa shape index (κ2) is 7.46. The molecule has 2 aromatic carbocycles. The fraction of sp³-hybridized carbons (Fsp3) is 0.0556. The van der Waals surface area contributed by atoms with E-state index < -0.39 is 0 Å². The van der Waals surface area contributed by atoms with Crippen molar-refractivity contribution in [3.05, 3.63) is 64.0 Å². The van der Waals surface area contributed by atoms with Crippen molar-refractivity contribution in [2.75, 3.05) is 5.32 Å². The molecule has 0 unspecified atom stereocenters. The molecule has 25 heavy (non-hydrogen) atoms. The van der Waals surface area contributed by atoms with E-state index in [0.717, 1.165) is 15.6 Å². The summed E-state index contributed by atoms with van der Waals surface area (Å²) < 4.78 is 0.954. The van der Waals surface area contributed by atoms with E-state index >= 15 is 0 Å². The van der Waals surface area contributed by atoms with Gasteiger partial charge in [-0.3, -0.25) is 9.59 Å². The lowest BCUT2D eigenvalue weighted by Gasteiger charge is -2.01. The zero-order valence-corrected chi connectivity index (χ0v) is 14.8. The van der Waals surface area contributed by atoms with Crippen molar-refractivity contribution in [1.29, 1.82) is 0 Å². The molecule has 3 rings (SSSR count). The fourth-order valence-electron chi connectivity index (χ4n) is 2.23. The number of hydrogen-bond donors (Lipinski definition) is 2. The number of fused-ring (bicyclic) bond motifs is 1. The number of hydrazone groups is 1. The van der Waals surface area contributed by atoms with Crippen LogP contribution in [0.2, 0.25) is 5.02 Å². The van der Waals surface area contributed by atoms with Gasteiger partial charge in [0.05, 0.1) is 11.2 Å². The highest BCUT2D eigenvalue weighted by Gasteiger charge is 2.16. The summed E-state index contributed by atoms with van der Waals surface area (Å²) in [6.45, 7) is 1.45. The van der Waals surface area contributed by atoms with Crippen molar-refractivity contribution in [2.45, 2.75) is 6.92 Å². The largest absolute Gasteiger partial charge is 0.326 e. The summed E-state index contributed by atoms with van der Waals surface area (Å²) in [5, 5.41) is 7.93. The Morgan fingerprint density at radius 1 is 1.12 bits per heavy atom. The maximum atomic E-state index is 12.3. The molecule has 0 radical (unpaired) electrons. The lowest BCUT2D eigenvalue weighted by molar-refractivity contribution is -0.114. The summed E-state index contributed by atoms with van der Waals surface area (Å²) in [6.07, 6.45) is 1.52. The van der Waals surface area contributed by atoms with E-state index in [4.69, 9.17) is 11.6 Å². The molecule has 0 aliphatic heterocycles. The van der Waals surface area contributed by atoms with Gasteiger partial charge in [-0.1, -0.05) is 41.9 Å². The highest BCUT2D eigenvalue weighted by molar-refractivity contribution is 7.21. The van der Waals surface area contributed by atoms with Gasteiger partial charge in [-0.05, 0) is 23.8 Å². The van der Waals surface area contributed by atoms with Crippen LogP contribution >= 0.6 is 22.9 Å². The molecular formula is C18H14ClN3O2S. The molecule has 0 spiro atoms. The molecule has 5 nitrogen and oxygen atoms in total. The van der Waals surface area contributed by atoms with Crippen LogP contribution in [0.5, 0.6) is 0 Å². The molecule has 3 aromatic rings. The molecular weight excluding hydrogens is 358 g/mol. The van der Waals surface area contributed by atoms with E-state index in [9.17, 15) is 9.59 Å². The molecule has 0 saturated carbocycles. The number of hydrogen-bond acceptors (Lipinski definition) is 4. The van der Waals surface area contributed by atoms with Gasteiger partial charge in [0, 0.05) is 22.7 Å². The van der Waals surface area contributed by atoms with E-state index in [1.54, 1.807) is 24.3 Å². The highest BCUT2D eigenvalue weighted by atomic mass is 35.5. The minimum atomic E-state index is -0.350. The van der Waals surface area contributed by atoms with Gasteiger partial charge >= 0.3 is 0 Å². The number of carbonyl (C=O) groups is 2. The average molecular weight is 372 g/mol. The van der Waals surface area contributed by atoms with Crippen LogP contribution in [0.4, 0.5) is 5.69 Å². The maximum Gasteiger partial charge on any atom is 0.283 e. The first-order valence-corrected chi connectivity index (χ1v) is 8.62. The van der Waals surface area contributed by atoms with Gasteiger partial charge in [0.15, 0.2) is 0 Å². The first-order chi connectivity index (χ1) is 12.0. The molecule has 2 amide bonds. The van der Waals surface area contributed by atoms with Gasteiger partial charge in [-0.25, -0.2) is 5.43 Å². The van der Waals surface area contributed by atoms with Crippen LogP contribution in [-0.4, -0.2) is 18.0 Å². The summed E-state index contributed by atoms with van der Waals surface area (Å²) in [5.41, 5.74) is 3.97. The van der Waals surface area contributed by atoms with Crippen molar-refractivity contribution in [3.63, 3.8) is 0 Å². The summed E-state index contributed by atoms with van der Waals surface area (Å²) >= 11 is 7.60. The van der Waals surface area contributed by atoms with Gasteiger partial charge in [-0.15, -0.1) is 11.3 Å².